The molecule has 7 N–H and O–H groups in total. The van der Waals surface area contributed by atoms with Crippen LogP contribution in [0.3, 0.4) is 0 Å². The molecule has 0 aliphatic carbocycles. The Morgan fingerprint density at radius 1 is 0.829 bits per heavy atom. The minimum Gasteiger partial charge on any atom is -0.481 e. The summed E-state index contributed by atoms with van der Waals surface area (Å²) in [6.45, 7) is -0.0539. The van der Waals surface area contributed by atoms with Crippen LogP contribution in [0.5, 0.6) is 5.75 Å². The molecule has 3 atom stereocenters. The number of nitrogens with two attached hydrogens (primary N) is 1. The molecule has 0 saturated carbocycles. The smallest absolute Gasteiger partial charge is 0.343 e. The fourth-order valence-corrected chi connectivity index (χ4v) is 3.69. The summed E-state index contributed by atoms with van der Waals surface area (Å²) in [5, 5.41) is 25.6. The van der Waals surface area contributed by atoms with Gasteiger partial charge in [-0.25, -0.2) is 4.79 Å². The molecule has 0 heterocycles. The fraction of sp³-hybridized carbons (Fsp3) is 0.357. The van der Waals surface area contributed by atoms with E-state index in [1.54, 1.807) is 30.3 Å². The first-order valence-corrected chi connectivity index (χ1v) is 12.9. The fourth-order valence-electron chi connectivity index (χ4n) is 3.69. The van der Waals surface area contributed by atoms with Crippen molar-refractivity contribution in [1.29, 1.82) is 0 Å². The number of benzene rings is 2. The second kappa shape index (κ2) is 17.2. The van der Waals surface area contributed by atoms with Crippen molar-refractivity contribution in [3.05, 3.63) is 65.7 Å². The molecule has 0 aromatic heterocycles. The van der Waals surface area contributed by atoms with Crippen LogP contribution in [0.15, 0.2) is 54.6 Å². The summed E-state index contributed by atoms with van der Waals surface area (Å²) < 4.78 is 5.30. The Kier molecular flexibility index (Phi) is 13.6. The van der Waals surface area contributed by atoms with Crippen molar-refractivity contribution in [2.75, 3.05) is 13.2 Å². The van der Waals surface area contributed by atoms with Gasteiger partial charge in [0.2, 0.25) is 11.8 Å². The van der Waals surface area contributed by atoms with Gasteiger partial charge in [-0.2, -0.15) is 0 Å². The van der Waals surface area contributed by atoms with E-state index in [0.717, 1.165) is 0 Å². The number of carboxylic acids is 1. The van der Waals surface area contributed by atoms with Gasteiger partial charge in [-0.3, -0.25) is 19.2 Å². The van der Waals surface area contributed by atoms with Gasteiger partial charge in [-0.1, -0.05) is 18.2 Å². The third-order valence-corrected chi connectivity index (χ3v) is 5.83. The molecule has 3 amide bonds. The quantitative estimate of drug-likeness (QED) is 0.0860. The van der Waals surface area contributed by atoms with Gasteiger partial charge in [0.05, 0.1) is 18.0 Å². The number of carbonyl (C=O) groups is 6. The van der Waals surface area contributed by atoms with Crippen LogP contribution < -0.4 is 26.4 Å². The number of amides is 3. The molecule has 41 heavy (non-hydrogen) atoms. The van der Waals surface area contributed by atoms with Gasteiger partial charge in [0.15, 0.2) is 0 Å². The van der Waals surface area contributed by atoms with E-state index in [1.165, 1.54) is 24.3 Å². The standard InChI is InChI=1S/C28H34N4O9/c29-14-4-8-22(26(38)30-20(17-34)16-24(35)36)32-27(39)23(9-5-15-33)31-25(37)18-10-12-21(13-11-18)41-28(40)19-6-2-1-3-7-19/h1-3,6-7,10-13,17,20,22-23,33H,4-5,8-9,14-16,29H2,(H,30,38)(H,31,37)(H,32,39)(H,35,36)/t20-,22-,23?/m0/s1. The number of esters is 1. The lowest BCUT2D eigenvalue weighted by molar-refractivity contribution is -0.139. The van der Waals surface area contributed by atoms with Crippen LogP contribution in [0.4, 0.5) is 0 Å². The van der Waals surface area contributed by atoms with Gasteiger partial charge in [0, 0.05) is 12.2 Å². The van der Waals surface area contributed by atoms with Crippen LogP contribution >= 0.6 is 0 Å². The van der Waals surface area contributed by atoms with E-state index in [1.807, 2.05) is 0 Å². The molecule has 13 heteroatoms. The van der Waals surface area contributed by atoms with Crippen LogP contribution in [-0.2, 0) is 19.2 Å². The molecule has 2 aromatic carbocycles. The second-order valence-corrected chi connectivity index (χ2v) is 9.01. The number of carboxylic acid groups (broad SMARTS) is 1. The number of hydrogen-bond donors (Lipinski definition) is 6. The predicted octanol–water partition coefficient (Wildman–Crippen LogP) is 0.159. The predicted molar refractivity (Wildman–Crippen MR) is 146 cm³/mol. The molecular weight excluding hydrogens is 536 g/mol. The summed E-state index contributed by atoms with van der Waals surface area (Å²) >= 11 is 0. The highest BCUT2D eigenvalue weighted by Crippen LogP contribution is 2.15. The zero-order valence-electron chi connectivity index (χ0n) is 22.3. The number of rotatable bonds is 17. The summed E-state index contributed by atoms with van der Waals surface area (Å²) in [7, 11) is 0. The Hall–Kier alpha value is -4.62. The zero-order chi connectivity index (χ0) is 30.2. The Morgan fingerprint density at radius 2 is 1.44 bits per heavy atom. The molecular formula is C28H34N4O9. The normalized spacial score (nSPS) is 12.7. The molecule has 0 radical (unpaired) electrons. The van der Waals surface area contributed by atoms with Crippen molar-refractivity contribution < 1.29 is 43.7 Å². The van der Waals surface area contributed by atoms with E-state index in [4.69, 9.17) is 15.6 Å². The summed E-state index contributed by atoms with van der Waals surface area (Å²) in [4.78, 5) is 73.1. The van der Waals surface area contributed by atoms with Crippen molar-refractivity contribution in [2.24, 2.45) is 5.73 Å². The topological polar surface area (TPSA) is 214 Å². The first-order valence-electron chi connectivity index (χ1n) is 12.9. The average Bonchev–Trinajstić information content (AvgIpc) is 2.97. The Balaban J connectivity index is 2.08. The minimum absolute atomic E-state index is 0.0437. The number of aliphatic hydroxyl groups is 1. The first-order chi connectivity index (χ1) is 19.7. The molecule has 0 aliphatic heterocycles. The highest BCUT2D eigenvalue weighted by atomic mass is 16.5. The summed E-state index contributed by atoms with van der Waals surface area (Å²) in [6.07, 6.45) is 0.285. The monoisotopic (exact) mass is 570 g/mol. The van der Waals surface area contributed by atoms with Gasteiger partial charge in [-0.15, -0.1) is 0 Å². The largest absolute Gasteiger partial charge is 0.481 e. The van der Waals surface area contributed by atoms with Gasteiger partial charge in [-0.05, 0) is 68.6 Å². The van der Waals surface area contributed by atoms with Crippen LogP contribution in [0.2, 0.25) is 0 Å². The number of aliphatic hydroxyl groups excluding tert-OH is 1. The second-order valence-electron chi connectivity index (χ2n) is 9.01. The summed E-state index contributed by atoms with van der Waals surface area (Å²) in [5.41, 5.74) is 6.05. The number of hydrogen-bond acceptors (Lipinski definition) is 9. The molecule has 0 saturated heterocycles. The molecule has 0 bridgehead atoms. The molecule has 0 spiro atoms. The number of carbonyl (C=O) groups excluding carboxylic acids is 5. The summed E-state index contributed by atoms with van der Waals surface area (Å²) in [5.74, 6) is -3.79. The number of aldehydes is 1. The first kappa shape index (κ1) is 32.6. The maximum absolute atomic E-state index is 13.1. The molecule has 0 fully saturated rings. The molecule has 1 unspecified atom stereocenters. The lowest BCUT2D eigenvalue weighted by Crippen LogP contribution is -2.55. The third kappa shape index (κ3) is 11.2. The van der Waals surface area contributed by atoms with Gasteiger partial charge in [0.1, 0.15) is 24.1 Å². The average molecular weight is 571 g/mol. The van der Waals surface area contributed by atoms with Crippen LogP contribution in [-0.4, -0.2) is 77.4 Å². The van der Waals surface area contributed by atoms with Crippen molar-refractivity contribution in [2.45, 2.75) is 50.2 Å². The lowest BCUT2D eigenvalue weighted by Gasteiger charge is -2.24. The SMILES string of the molecule is NCCC[C@H](NC(=O)C(CCCO)NC(=O)c1ccc(OC(=O)c2ccccc2)cc1)C(=O)N[C@H](C=O)CC(=O)O. The molecule has 220 valence electrons. The van der Waals surface area contributed by atoms with E-state index in [9.17, 15) is 33.9 Å². The Morgan fingerprint density at radius 3 is 2.02 bits per heavy atom. The Labute approximate surface area is 236 Å². The van der Waals surface area contributed by atoms with Crippen LogP contribution in [0.25, 0.3) is 0 Å². The number of aliphatic carboxylic acids is 1. The highest BCUT2D eigenvalue weighted by Gasteiger charge is 2.28. The van der Waals surface area contributed by atoms with E-state index >= 15 is 0 Å². The Bertz CT molecular complexity index is 1190. The van der Waals surface area contributed by atoms with Crippen molar-refractivity contribution in [1.82, 2.24) is 16.0 Å². The maximum Gasteiger partial charge on any atom is 0.343 e. The third-order valence-electron chi connectivity index (χ3n) is 5.83. The molecule has 0 aliphatic rings. The summed E-state index contributed by atoms with van der Waals surface area (Å²) in [6, 6.07) is 10.4. The van der Waals surface area contributed by atoms with Crippen LogP contribution in [0, 0.1) is 0 Å². The van der Waals surface area contributed by atoms with Crippen molar-refractivity contribution in [3.63, 3.8) is 0 Å². The van der Waals surface area contributed by atoms with E-state index < -0.39 is 54.2 Å². The van der Waals surface area contributed by atoms with Crippen LogP contribution in [0.1, 0.15) is 52.8 Å². The molecule has 13 nitrogen and oxygen atoms in total. The van der Waals surface area contributed by atoms with E-state index in [-0.39, 0.29) is 50.0 Å². The van der Waals surface area contributed by atoms with Gasteiger partial charge >= 0.3 is 11.9 Å². The number of nitrogens with one attached hydrogen (secondary N) is 3. The minimum atomic E-state index is -1.29. The lowest BCUT2D eigenvalue weighted by atomic mass is 10.1. The number of ether oxygens (including phenoxy) is 1. The van der Waals surface area contributed by atoms with E-state index in [0.29, 0.717) is 12.0 Å². The molecule has 2 rings (SSSR count). The van der Waals surface area contributed by atoms with Gasteiger partial charge in [0.25, 0.3) is 5.91 Å². The zero-order valence-corrected chi connectivity index (χ0v) is 22.3. The van der Waals surface area contributed by atoms with Gasteiger partial charge < -0.3 is 41.4 Å². The van der Waals surface area contributed by atoms with Crippen molar-refractivity contribution >= 4 is 35.9 Å². The van der Waals surface area contributed by atoms with Crippen molar-refractivity contribution in [3.8, 4) is 5.75 Å². The highest BCUT2D eigenvalue weighted by molar-refractivity contribution is 5.99. The van der Waals surface area contributed by atoms with E-state index in [2.05, 4.69) is 16.0 Å². The molecule has 2 aromatic rings. The maximum atomic E-state index is 13.1.